The maximum Gasteiger partial charge on any atom is 0.251 e. The topological polar surface area (TPSA) is 89.6 Å². The molecule has 0 bridgehead atoms. The molecule has 2 aromatic carbocycles. The summed E-state index contributed by atoms with van der Waals surface area (Å²) >= 11 is 6.65. The molecule has 1 aliphatic carbocycles. The first-order chi connectivity index (χ1) is 21.2. The van der Waals surface area contributed by atoms with Crippen LogP contribution in [-0.2, 0) is 0 Å². The summed E-state index contributed by atoms with van der Waals surface area (Å²) in [5, 5.41) is 5.82. The zero-order chi connectivity index (χ0) is 31.4. The normalized spacial score (nSPS) is 14.6. The molecule has 9 heteroatoms. The molecule has 5 rings (SSSR count). The lowest BCUT2D eigenvalue weighted by Crippen LogP contribution is -2.29. The van der Waals surface area contributed by atoms with Crippen molar-refractivity contribution >= 4 is 37.6 Å². The summed E-state index contributed by atoms with van der Waals surface area (Å²) in [7, 11) is 2.46. The quantitative estimate of drug-likeness (QED) is 0.128. The molecule has 0 aliphatic heterocycles. The number of carbonyl (C=O) groups is 1. The minimum Gasteiger partial charge on any atom is -0.495 e. The van der Waals surface area contributed by atoms with Gasteiger partial charge >= 0.3 is 0 Å². The third-order valence-electron chi connectivity index (χ3n) is 8.21. The minimum absolute atomic E-state index is 0.253. The van der Waals surface area contributed by atoms with Gasteiger partial charge in [0.2, 0.25) is 0 Å². The number of halogens is 2. The Morgan fingerprint density at radius 2 is 2.07 bits per heavy atom. The Hall–Kier alpha value is -3.80. The molecule has 2 aromatic heterocycles. The third-order valence-corrected chi connectivity index (χ3v) is 10.0. The van der Waals surface area contributed by atoms with Gasteiger partial charge in [0.15, 0.2) is 0 Å². The average molecular weight is 631 g/mol. The van der Waals surface area contributed by atoms with Crippen LogP contribution in [0.25, 0.3) is 10.9 Å². The van der Waals surface area contributed by atoms with Gasteiger partial charge in [0, 0.05) is 53.1 Å². The van der Waals surface area contributed by atoms with Crippen molar-refractivity contribution < 1.29 is 13.9 Å². The van der Waals surface area contributed by atoms with Crippen LogP contribution in [0.15, 0.2) is 65.9 Å². The fourth-order valence-corrected chi connectivity index (χ4v) is 7.02. The van der Waals surface area contributed by atoms with Gasteiger partial charge in [0.1, 0.15) is 11.6 Å². The van der Waals surface area contributed by atoms with E-state index in [-0.39, 0.29) is 30.1 Å². The second-order valence-corrected chi connectivity index (χ2v) is 12.9. The largest absolute Gasteiger partial charge is 0.495 e. The van der Waals surface area contributed by atoms with E-state index in [9.17, 15) is 9.18 Å². The molecule has 1 saturated carbocycles. The van der Waals surface area contributed by atoms with Gasteiger partial charge in [-0.25, -0.2) is 4.39 Å². The number of hydrogen-bond donors (Lipinski definition) is 2. The molecule has 1 fully saturated rings. The van der Waals surface area contributed by atoms with Crippen molar-refractivity contribution in [2.24, 2.45) is 4.99 Å². The van der Waals surface area contributed by atoms with Gasteiger partial charge in [-0.1, -0.05) is 45.8 Å². The molecular weight excluding hydrogens is 594 g/mol. The summed E-state index contributed by atoms with van der Waals surface area (Å²) in [6.45, 7) is 6.76. The van der Waals surface area contributed by atoms with Crippen molar-refractivity contribution in [1.82, 2.24) is 10.3 Å². The molecule has 0 radical (unpaired) electrons. The number of ether oxygens (including phenoxy) is 1. The second-order valence-electron chi connectivity index (χ2n) is 11.3. The number of nitrogen functional groups attached to an aromatic ring is 1. The van der Waals surface area contributed by atoms with Crippen LogP contribution in [0.5, 0.6) is 5.75 Å². The van der Waals surface area contributed by atoms with Crippen LogP contribution in [0.4, 0.5) is 10.1 Å². The van der Waals surface area contributed by atoms with E-state index >= 15 is 0 Å². The predicted octanol–water partition coefficient (Wildman–Crippen LogP) is 8.68. The summed E-state index contributed by atoms with van der Waals surface area (Å²) in [5.41, 5.74) is 11.9. The molecule has 1 aliphatic rings. The molecule has 0 spiro atoms. The Morgan fingerprint density at radius 3 is 2.75 bits per heavy atom. The van der Waals surface area contributed by atoms with Gasteiger partial charge < -0.3 is 15.8 Å². The molecule has 6 nitrogen and oxygen atoms in total. The van der Waals surface area contributed by atoms with Gasteiger partial charge in [0.25, 0.3) is 5.91 Å². The second kappa shape index (κ2) is 13.9. The Bertz CT molecular complexity index is 1710. The molecule has 44 heavy (non-hydrogen) atoms. The number of benzene rings is 2. The first kappa shape index (κ1) is 31.6. The number of rotatable bonds is 11. The van der Waals surface area contributed by atoms with Crippen molar-refractivity contribution in [3.63, 3.8) is 0 Å². The number of carbonyl (C=O) groups excluding carboxylic acids is 1. The Balaban J connectivity index is 1.55. The van der Waals surface area contributed by atoms with Crippen LogP contribution < -0.4 is 15.8 Å². The SMILES string of the molecule is CCC(C)c1cc(C(CNC(=O)c2cc(C=NC3CC3)c(N)c(OC)c2)c2cccc(F)c2)pc(-c2ccncc2Cl)c1C. The standard InChI is InChI=1S/C35H37ClFN4O2P/c1-5-20(2)28-16-32(44-34(21(28)3)27-11-12-39-19-30(27)36)29(22-7-6-8-25(37)14-22)18-41-35(42)23-13-24(17-40-26-9-10-26)33(38)31(15-23)43-4/h6-8,11-17,19-20,26,29H,5,9-10,18,38H2,1-4H3,(H,41,42). The van der Waals surface area contributed by atoms with E-state index in [1.54, 1.807) is 42.9 Å². The van der Waals surface area contributed by atoms with E-state index in [2.05, 4.69) is 42.1 Å². The fourth-order valence-electron chi connectivity index (χ4n) is 5.27. The van der Waals surface area contributed by atoms with Crippen molar-refractivity contribution in [1.29, 1.82) is 0 Å². The molecule has 228 valence electrons. The molecule has 2 atom stereocenters. The highest BCUT2D eigenvalue weighted by molar-refractivity contribution is 7.35. The van der Waals surface area contributed by atoms with Gasteiger partial charge in [-0.3, -0.25) is 14.8 Å². The third kappa shape index (κ3) is 7.11. The number of anilines is 1. The monoisotopic (exact) mass is 630 g/mol. The fraction of sp³-hybridized carbons (Fsp3) is 0.314. The highest BCUT2D eigenvalue weighted by Gasteiger charge is 2.24. The van der Waals surface area contributed by atoms with Crippen molar-refractivity contribution in [2.75, 3.05) is 19.4 Å². The zero-order valence-electron chi connectivity index (χ0n) is 25.4. The van der Waals surface area contributed by atoms with Crippen molar-refractivity contribution in [2.45, 2.75) is 57.9 Å². The van der Waals surface area contributed by atoms with Gasteiger partial charge in [-0.15, -0.1) is 0 Å². The lowest BCUT2D eigenvalue weighted by atomic mass is 9.90. The van der Waals surface area contributed by atoms with Crippen LogP contribution in [0.1, 0.15) is 82.9 Å². The number of pyridine rings is 1. The number of nitrogens with one attached hydrogen (secondary N) is 1. The van der Waals surface area contributed by atoms with E-state index < -0.39 is 0 Å². The first-order valence-electron chi connectivity index (χ1n) is 14.9. The summed E-state index contributed by atoms with van der Waals surface area (Å²) in [6, 6.07) is 14.4. The van der Waals surface area contributed by atoms with Crippen molar-refractivity contribution in [3.05, 3.63) is 105 Å². The summed E-state index contributed by atoms with van der Waals surface area (Å²) in [4.78, 5) is 22.3. The highest BCUT2D eigenvalue weighted by atomic mass is 35.5. The lowest BCUT2D eigenvalue weighted by Gasteiger charge is -2.24. The molecule has 3 N–H and O–H groups in total. The number of nitrogens with two attached hydrogens (primary N) is 1. The van der Waals surface area contributed by atoms with Crippen LogP contribution in [0, 0.1) is 12.7 Å². The minimum atomic E-state index is -0.329. The van der Waals surface area contributed by atoms with E-state index in [1.165, 1.54) is 24.3 Å². The van der Waals surface area contributed by atoms with E-state index in [0.29, 0.717) is 33.6 Å². The number of aliphatic imine (C=N–C) groups is 1. The smallest absolute Gasteiger partial charge is 0.251 e. The predicted molar refractivity (Wildman–Crippen MR) is 179 cm³/mol. The molecule has 0 saturated heterocycles. The molecule has 2 heterocycles. The van der Waals surface area contributed by atoms with Crippen LogP contribution >= 0.6 is 19.8 Å². The Labute approximate surface area is 265 Å². The first-order valence-corrected chi connectivity index (χ1v) is 16.1. The Kier molecular flexibility index (Phi) is 9.97. The maximum atomic E-state index is 14.6. The van der Waals surface area contributed by atoms with Crippen molar-refractivity contribution in [3.8, 4) is 16.6 Å². The van der Waals surface area contributed by atoms with Gasteiger partial charge in [0.05, 0.1) is 23.9 Å². The molecule has 1 amide bonds. The van der Waals surface area contributed by atoms with Crippen LogP contribution in [0.3, 0.4) is 0 Å². The van der Waals surface area contributed by atoms with E-state index in [1.807, 2.05) is 12.1 Å². The number of amides is 1. The highest BCUT2D eigenvalue weighted by Crippen LogP contribution is 2.45. The van der Waals surface area contributed by atoms with Gasteiger partial charge in [-0.05, 0) is 90.5 Å². The summed E-state index contributed by atoms with van der Waals surface area (Å²) in [5.74, 6) is -0.209. The van der Waals surface area contributed by atoms with Crippen LogP contribution in [-0.4, -0.2) is 36.8 Å². The molecule has 2 unspecified atom stereocenters. The Morgan fingerprint density at radius 1 is 1.27 bits per heavy atom. The number of nitrogens with zero attached hydrogens (tertiary/aromatic N) is 2. The molecular formula is C35H37ClFN4O2P. The van der Waals surface area contributed by atoms with E-state index in [4.69, 9.17) is 22.1 Å². The maximum absolute atomic E-state index is 14.6. The van der Waals surface area contributed by atoms with E-state index in [0.717, 1.165) is 49.2 Å². The lowest BCUT2D eigenvalue weighted by molar-refractivity contribution is 0.0952. The number of aromatic nitrogens is 1. The zero-order valence-corrected chi connectivity index (χ0v) is 27.1. The number of hydrogen-bond acceptors (Lipinski definition) is 5. The van der Waals surface area contributed by atoms with Crippen LogP contribution in [0.2, 0.25) is 5.02 Å². The summed E-state index contributed by atoms with van der Waals surface area (Å²) < 4.78 is 20.1. The average Bonchev–Trinajstić information content (AvgIpc) is 3.86. The number of methoxy groups -OCH3 is 1. The summed E-state index contributed by atoms with van der Waals surface area (Å²) in [6.07, 6.45) is 8.20. The molecule has 4 aromatic rings. The van der Waals surface area contributed by atoms with Gasteiger partial charge in [-0.2, -0.15) is 0 Å².